The fraction of sp³-hybridized carbons (Fsp3) is 0.310. The summed E-state index contributed by atoms with van der Waals surface area (Å²) in [4.78, 5) is 29.6. The molecule has 2 amide bonds. The van der Waals surface area contributed by atoms with E-state index in [1.165, 1.54) is 12.1 Å². The van der Waals surface area contributed by atoms with Gasteiger partial charge in [0.25, 0.3) is 0 Å². The van der Waals surface area contributed by atoms with Gasteiger partial charge in [-0.15, -0.1) is 0 Å². The first-order valence-corrected chi connectivity index (χ1v) is 11.9. The van der Waals surface area contributed by atoms with Crippen LogP contribution in [-0.4, -0.2) is 29.9 Å². The van der Waals surface area contributed by atoms with Gasteiger partial charge in [-0.1, -0.05) is 49.7 Å². The molecule has 4 rings (SSSR count). The molecule has 0 spiro atoms. The van der Waals surface area contributed by atoms with Gasteiger partial charge < -0.3 is 14.5 Å². The zero-order valence-electron chi connectivity index (χ0n) is 20.5. The summed E-state index contributed by atoms with van der Waals surface area (Å²) in [5.41, 5.74) is 4.49. The second-order valence-corrected chi connectivity index (χ2v) is 9.33. The Morgan fingerprint density at radius 3 is 2.51 bits per heavy atom. The molecule has 0 saturated heterocycles. The topological polar surface area (TPSA) is 49.9 Å². The van der Waals surface area contributed by atoms with Crippen LogP contribution in [0.1, 0.15) is 36.1 Å². The Hall–Kier alpha value is -3.67. The first kappa shape index (κ1) is 24.5. The number of carbonyl (C=O) groups is 2. The molecule has 0 saturated carbocycles. The number of carbonyl (C=O) groups excluding carboxylic acids is 2. The zero-order valence-corrected chi connectivity index (χ0v) is 20.5. The van der Waals surface area contributed by atoms with Crippen LogP contribution in [0.4, 0.5) is 10.1 Å². The first-order chi connectivity index (χ1) is 16.8. The highest BCUT2D eigenvalue weighted by Crippen LogP contribution is 2.27. The Morgan fingerprint density at radius 2 is 1.80 bits per heavy atom. The number of hydrogen-bond acceptors (Lipinski definition) is 3. The standard InChI is InChI=1S/C29H31FN2O3/c1-20(2)29(34)32(26-10-7-21(3)8-11-26)18-23-9-12-27-24(15-23)19-31(13-14-35-27)28(33)17-22-5-4-6-25(30)16-22/h4-12,15-16,20H,13-14,17-19H2,1-3H3. The molecule has 1 heterocycles. The average molecular weight is 475 g/mol. The van der Waals surface area contributed by atoms with Crippen molar-refractivity contribution in [2.75, 3.05) is 18.1 Å². The number of nitrogens with zero attached hydrogens (tertiary/aromatic N) is 2. The first-order valence-electron chi connectivity index (χ1n) is 11.9. The predicted octanol–water partition coefficient (Wildman–Crippen LogP) is 5.29. The zero-order chi connectivity index (χ0) is 24.9. The predicted molar refractivity (Wildman–Crippen MR) is 135 cm³/mol. The number of benzene rings is 3. The average Bonchev–Trinajstić information content (AvgIpc) is 3.05. The fourth-order valence-electron chi connectivity index (χ4n) is 4.21. The molecule has 1 aliphatic heterocycles. The van der Waals surface area contributed by atoms with E-state index in [0.29, 0.717) is 31.8 Å². The monoisotopic (exact) mass is 474 g/mol. The molecule has 5 nitrogen and oxygen atoms in total. The van der Waals surface area contributed by atoms with Crippen molar-refractivity contribution in [3.05, 3.63) is 94.8 Å². The number of halogens is 1. The minimum Gasteiger partial charge on any atom is -0.491 e. The van der Waals surface area contributed by atoms with E-state index in [1.54, 1.807) is 21.9 Å². The molecule has 0 radical (unpaired) electrons. The van der Waals surface area contributed by atoms with Crippen LogP contribution in [-0.2, 0) is 29.1 Å². The normalized spacial score (nSPS) is 13.1. The van der Waals surface area contributed by atoms with E-state index < -0.39 is 0 Å². The van der Waals surface area contributed by atoms with E-state index in [0.717, 1.165) is 28.1 Å². The van der Waals surface area contributed by atoms with E-state index in [-0.39, 0.29) is 30.0 Å². The second kappa shape index (κ2) is 10.7. The van der Waals surface area contributed by atoms with Gasteiger partial charge in [0.15, 0.2) is 0 Å². The van der Waals surface area contributed by atoms with Crippen LogP contribution >= 0.6 is 0 Å². The van der Waals surface area contributed by atoms with E-state index >= 15 is 0 Å². The van der Waals surface area contributed by atoms with Crippen LogP contribution in [0.25, 0.3) is 0 Å². The Kier molecular flexibility index (Phi) is 7.49. The highest BCUT2D eigenvalue weighted by atomic mass is 19.1. The van der Waals surface area contributed by atoms with Gasteiger partial charge in [0.2, 0.25) is 11.8 Å². The summed E-state index contributed by atoms with van der Waals surface area (Å²) in [6.07, 6.45) is 0.136. The van der Waals surface area contributed by atoms with Crippen molar-refractivity contribution in [3.63, 3.8) is 0 Å². The maximum Gasteiger partial charge on any atom is 0.229 e. The van der Waals surface area contributed by atoms with Crippen molar-refractivity contribution in [1.29, 1.82) is 0 Å². The number of hydrogen-bond donors (Lipinski definition) is 0. The molecule has 3 aromatic rings. The maximum atomic E-state index is 13.5. The van der Waals surface area contributed by atoms with Crippen LogP contribution in [0.15, 0.2) is 66.7 Å². The minimum absolute atomic E-state index is 0.0481. The molecular weight excluding hydrogens is 443 g/mol. The molecule has 0 N–H and O–H groups in total. The molecule has 0 atom stereocenters. The van der Waals surface area contributed by atoms with Crippen molar-refractivity contribution in [2.24, 2.45) is 5.92 Å². The van der Waals surface area contributed by atoms with Crippen LogP contribution in [0, 0.1) is 18.7 Å². The van der Waals surface area contributed by atoms with E-state index in [4.69, 9.17) is 4.74 Å². The molecule has 35 heavy (non-hydrogen) atoms. The number of rotatable bonds is 6. The lowest BCUT2D eigenvalue weighted by molar-refractivity contribution is -0.131. The third-order valence-electron chi connectivity index (χ3n) is 6.15. The number of fused-ring (bicyclic) bond motifs is 1. The number of ether oxygens (including phenoxy) is 1. The molecule has 6 heteroatoms. The van der Waals surface area contributed by atoms with Gasteiger partial charge in [0.1, 0.15) is 18.2 Å². The van der Waals surface area contributed by atoms with Gasteiger partial charge in [-0.05, 0) is 54.4 Å². The quantitative estimate of drug-likeness (QED) is 0.488. The molecular formula is C29H31FN2O3. The molecule has 0 bridgehead atoms. The summed E-state index contributed by atoms with van der Waals surface area (Å²) in [5.74, 6) is 0.225. The SMILES string of the molecule is Cc1ccc(N(Cc2ccc3c(c2)CN(C(=O)Cc2cccc(F)c2)CCO3)C(=O)C(C)C)cc1. The van der Waals surface area contributed by atoms with Crippen molar-refractivity contribution in [3.8, 4) is 5.75 Å². The van der Waals surface area contributed by atoms with E-state index in [2.05, 4.69) is 0 Å². The van der Waals surface area contributed by atoms with Crippen LogP contribution in [0.2, 0.25) is 0 Å². The van der Waals surface area contributed by atoms with E-state index in [9.17, 15) is 14.0 Å². The molecule has 0 aromatic heterocycles. The molecule has 0 aliphatic carbocycles. The van der Waals surface area contributed by atoms with Crippen LogP contribution in [0.3, 0.4) is 0 Å². The molecule has 1 aliphatic rings. The van der Waals surface area contributed by atoms with Crippen molar-refractivity contribution in [1.82, 2.24) is 4.90 Å². The van der Waals surface area contributed by atoms with Gasteiger partial charge >= 0.3 is 0 Å². The highest BCUT2D eigenvalue weighted by Gasteiger charge is 2.23. The lowest BCUT2D eigenvalue weighted by Gasteiger charge is -2.26. The number of amides is 2. The summed E-state index contributed by atoms with van der Waals surface area (Å²) in [6.45, 7) is 7.49. The summed E-state index contributed by atoms with van der Waals surface area (Å²) in [5, 5.41) is 0. The largest absolute Gasteiger partial charge is 0.491 e. The van der Waals surface area contributed by atoms with Gasteiger partial charge in [-0.3, -0.25) is 9.59 Å². The Balaban J connectivity index is 1.54. The summed E-state index contributed by atoms with van der Waals surface area (Å²) in [6, 6.07) is 20.0. The maximum absolute atomic E-state index is 13.5. The summed E-state index contributed by atoms with van der Waals surface area (Å²) >= 11 is 0. The lowest BCUT2D eigenvalue weighted by atomic mass is 10.1. The third-order valence-corrected chi connectivity index (χ3v) is 6.15. The van der Waals surface area contributed by atoms with E-state index in [1.807, 2.05) is 63.2 Å². The Bertz CT molecular complexity index is 1210. The third kappa shape index (κ3) is 6.07. The Labute approximate surface area is 206 Å². The van der Waals surface area contributed by atoms with Crippen LogP contribution < -0.4 is 9.64 Å². The van der Waals surface area contributed by atoms with Gasteiger partial charge in [-0.2, -0.15) is 0 Å². The molecule has 182 valence electrons. The van der Waals surface area contributed by atoms with Crippen molar-refractivity contribution >= 4 is 17.5 Å². The number of anilines is 1. The van der Waals surface area contributed by atoms with Crippen molar-refractivity contribution in [2.45, 2.75) is 40.3 Å². The fourth-order valence-corrected chi connectivity index (χ4v) is 4.21. The summed E-state index contributed by atoms with van der Waals surface area (Å²) < 4.78 is 19.5. The Morgan fingerprint density at radius 1 is 1.03 bits per heavy atom. The van der Waals surface area contributed by atoms with Gasteiger partial charge in [0.05, 0.1) is 19.5 Å². The molecule has 0 fully saturated rings. The minimum atomic E-state index is -0.349. The van der Waals surface area contributed by atoms with Crippen molar-refractivity contribution < 1.29 is 18.7 Å². The van der Waals surface area contributed by atoms with Gasteiger partial charge in [0, 0.05) is 23.7 Å². The molecule has 3 aromatic carbocycles. The van der Waals surface area contributed by atoms with Crippen LogP contribution in [0.5, 0.6) is 5.75 Å². The number of aryl methyl sites for hydroxylation is 1. The summed E-state index contributed by atoms with van der Waals surface area (Å²) in [7, 11) is 0. The smallest absolute Gasteiger partial charge is 0.229 e. The lowest BCUT2D eigenvalue weighted by Crippen LogP contribution is -2.34. The van der Waals surface area contributed by atoms with Gasteiger partial charge in [-0.25, -0.2) is 4.39 Å². The second-order valence-electron chi connectivity index (χ2n) is 9.33. The molecule has 0 unspecified atom stereocenters. The highest BCUT2D eigenvalue weighted by molar-refractivity contribution is 5.94.